The van der Waals surface area contributed by atoms with Gasteiger partial charge in [-0.1, -0.05) is 76.6 Å². The molecule has 142 valence electrons. The highest BCUT2D eigenvalue weighted by molar-refractivity contribution is 9.10. The van der Waals surface area contributed by atoms with Crippen LogP contribution in [0.25, 0.3) is 17.3 Å². The van der Waals surface area contributed by atoms with Crippen LogP contribution >= 0.6 is 15.9 Å². The third-order valence-corrected chi connectivity index (χ3v) is 6.01. The average molecular weight is 443 g/mol. The molecule has 4 heteroatoms. The third-order valence-electron chi connectivity index (χ3n) is 5.48. The molecule has 1 unspecified atom stereocenters. The van der Waals surface area contributed by atoms with E-state index in [9.17, 15) is 4.79 Å². The van der Waals surface area contributed by atoms with E-state index in [1.807, 2.05) is 48.5 Å². The maximum Gasteiger partial charge on any atom is 0.275 e. The van der Waals surface area contributed by atoms with Gasteiger partial charge in [0.15, 0.2) is 0 Å². The second-order valence-corrected chi connectivity index (χ2v) is 8.17. The molecule has 1 N–H and O–H groups in total. The van der Waals surface area contributed by atoms with Gasteiger partial charge in [0.25, 0.3) is 5.56 Å². The Kier molecular flexibility index (Phi) is 4.57. The number of hydrogen-bond acceptors (Lipinski definition) is 1. The van der Waals surface area contributed by atoms with Crippen molar-refractivity contribution in [2.75, 3.05) is 0 Å². The van der Waals surface area contributed by atoms with Crippen LogP contribution in [-0.4, -0.2) is 9.78 Å². The monoisotopic (exact) mass is 442 g/mol. The molecular formula is C25H19BrN2O. The number of H-pyrrole nitrogens is 1. The number of nitrogens with zero attached hydrogens (tertiary/aromatic N) is 1. The SMILES string of the molecule is O=c1c2c([nH]n1-c1ccccc1)C=C(c1ccc(Br)cc1)CC2c1ccccc1. The maximum absolute atomic E-state index is 13.4. The van der Waals surface area contributed by atoms with Crippen molar-refractivity contribution in [3.8, 4) is 5.69 Å². The summed E-state index contributed by atoms with van der Waals surface area (Å²) in [4.78, 5) is 13.4. The molecule has 0 aliphatic heterocycles. The van der Waals surface area contributed by atoms with Crippen LogP contribution in [0.3, 0.4) is 0 Å². The predicted octanol–water partition coefficient (Wildman–Crippen LogP) is 6.00. The second-order valence-electron chi connectivity index (χ2n) is 7.26. The fourth-order valence-corrected chi connectivity index (χ4v) is 4.33. The first-order valence-electron chi connectivity index (χ1n) is 9.62. The van der Waals surface area contributed by atoms with Gasteiger partial charge in [0.2, 0.25) is 0 Å². The summed E-state index contributed by atoms with van der Waals surface area (Å²) in [6.07, 6.45) is 2.92. The summed E-state index contributed by atoms with van der Waals surface area (Å²) in [5.41, 5.74) is 6.14. The van der Waals surface area contributed by atoms with Crippen LogP contribution in [0.1, 0.15) is 34.7 Å². The van der Waals surface area contributed by atoms with Gasteiger partial charge in [-0.25, -0.2) is 4.68 Å². The molecule has 1 aromatic heterocycles. The lowest BCUT2D eigenvalue weighted by Gasteiger charge is -2.23. The molecule has 1 aliphatic rings. The Morgan fingerprint density at radius 1 is 0.862 bits per heavy atom. The molecule has 0 amide bonds. The van der Waals surface area contributed by atoms with Crippen molar-refractivity contribution in [3.63, 3.8) is 0 Å². The zero-order valence-corrected chi connectivity index (χ0v) is 17.3. The van der Waals surface area contributed by atoms with Crippen molar-refractivity contribution in [2.24, 2.45) is 0 Å². The van der Waals surface area contributed by atoms with Gasteiger partial charge in [-0.3, -0.25) is 9.89 Å². The van der Waals surface area contributed by atoms with Crippen molar-refractivity contribution in [1.82, 2.24) is 9.78 Å². The quantitative estimate of drug-likeness (QED) is 0.414. The average Bonchev–Trinajstić information content (AvgIpc) is 3.11. The molecule has 0 radical (unpaired) electrons. The van der Waals surface area contributed by atoms with Gasteiger partial charge >= 0.3 is 0 Å². The Morgan fingerprint density at radius 3 is 2.21 bits per heavy atom. The molecule has 1 aliphatic carbocycles. The summed E-state index contributed by atoms with van der Waals surface area (Å²) in [6, 6.07) is 28.4. The Hall–Kier alpha value is -3.11. The molecule has 1 atom stereocenters. The standard InChI is InChI=1S/C25H19BrN2O/c26-20-13-11-17(12-14-20)19-15-22(18-7-3-1-4-8-18)24-23(16-19)27-28(25(24)29)21-9-5-2-6-10-21/h1-14,16,22,27H,15H2. The minimum absolute atomic E-state index is 0.0172. The first-order valence-corrected chi connectivity index (χ1v) is 10.4. The molecule has 3 aromatic carbocycles. The van der Waals surface area contributed by atoms with Crippen LogP contribution in [0, 0.1) is 0 Å². The Labute approximate surface area is 177 Å². The number of hydrogen-bond donors (Lipinski definition) is 1. The van der Waals surface area contributed by atoms with E-state index in [0.717, 1.165) is 33.4 Å². The Bertz CT molecular complexity index is 1240. The fourth-order valence-electron chi connectivity index (χ4n) is 4.06. The number of halogens is 1. The van der Waals surface area contributed by atoms with Gasteiger partial charge < -0.3 is 0 Å². The van der Waals surface area contributed by atoms with E-state index in [-0.39, 0.29) is 11.5 Å². The molecule has 0 fully saturated rings. The van der Waals surface area contributed by atoms with Gasteiger partial charge in [-0.15, -0.1) is 0 Å². The number of aromatic amines is 1. The predicted molar refractivity (Wildman–Crippen MR) is 121 cm³/mol. The lowest BCUT2D eigenvalue weighted by Crippen LogP contribution is -2.21. The van der Waals surface area contributed by atoms with E-state index in [2.05, 4.69) is 63.5 Å². The molecule has 0 spiro atoms. The van der Waals surface area contributed by atoms with Crippen molar-refractivity contribution in [1.29, 1.82) is 0 Å². The molecule has 3 nitrogen and oxygen atoms in total. The first-order chi connectivity index (χ1) is 14.2. The number of aromatic nitrogens is 2. The van der Waals surface area contributed by atoms with E-state index in [4.69, 9.17) is 0 Å². The minimum atomic E-state index is 0.0172. The number of nitrogens with one attached hydrogen (secondary N) is 1. The number of para-hydroxylation sites is 1. The Balaban J connectivity index is 1.70. The number of allylic oxidation sites excluding steroid dienone is 1. The molecule has 5 rings (SSSR count). The van der Waals surface area contributed by atoms with Crippen LogP contribution in [0.2, 0.25) is 0 Å². The summed E-state index contributed by atoms with van der Waals surface area (Å²) < 4.78 is 2.71. The van der Waals surface area contributed by atoms with E-state index in [1.165, 1.54) is 11.1 Å². The fraction of sp³-hybridized carbons (Fsp3) is 0.0800. The minimum Gasteiger partial charge on any atom is -0.291 e. The van der Waals surface area contributed by atoms with Gasteiger partial charge in [0.05, 0.1) is 16.9 Å². The zero-order valence-electron chi connectivity index (χ0n) is 15.7. The van der Waals surface area contributed by atoms with E-state index in [0.29, 0.717) is 0 Å². The summed E-state index contributed by atoms with van der Waals surface area (Å²) in [6.45, 7) is 0. The topological polar surface area (TPSA) is 37.8 Å². The normalized spacial score (nSPS) is 15.6. The lowest BCUT2D eigenvalue weighted by molar-refractivity contribution is 0.814. The van der Waals surface area contributed by atoms with E-state index in [1.54, 1.807) is 4.68 Å². The molecule has 0 bridgehead atoms. The third kappa shape index (κ3) is 3.30. The number of rotatable bonds is 3. The van der Waals surface area contributed by atoms with Crippen LogP contribution < -0.4 is 5.56 Å². The smallest absolute Gasteiger partial charge is 0.275 e. The molecule has 1 heterocycles. The van der Waals surface area contributed by atoms with Crippen molar-refractivity contribution < 1.29 is 0 Å². The Morgan fingerprint density at radius 2 is 1.52 bits per heavy atom. The molecule has 0 saturated heterocycles. The van der Waals surface area contributed by atoms with Gasteiger partial charge in [-0.2, -0.15) is 0 Å². The highest BCUT2D eigenvalue weighted by Crippen LogP contribution is 2.40. The van der Waals surface area contributed by atoms with Crippen LogP contribution in [-0.2, 0) is 0 Å². The molecular weight excluding hydrogens is 424 g/mol. The highest BCUT2D eigenvalue weighted by Gasteiger charge is 2.29. The number of fused-ring (bicyclic) bond motifs is 1. The second kappa shape index (κ2) is 7.37. The van der Waals surface area contributed by atoms with Crippen LogP contribution in [0.4, 0.5) is 0 Å². The van der Waals surface area contributed by atoms with Crippen molar-refractivity contribution in [2.45, 2.75) is 12.3 Å². The number of benzene rings is 3. The van der Waals surface area contributed by atoms with Crippen LogP contribution in [0.5, 0.6) is 0 Å². The summed E-state index contributed by atoms with van der Waals surface area (Å²) >= 11 is 3.51. The summed E-state index contributed by atoms with van der Waals surface area (Å²) in [5.74, 6) is 0.0172. The van der Waals surface area contributed by atoms with Gasteiger partial charge in [0, 0.05) is 10.4 Å². The van der Waals surface area contributed by atoms with Crippen LogP contribution in [0.15, 0.2) is 94.2 Å². The van der Waals surface area contributed by atoms with Crippen molar-refractivity contribution >= 4 is 27.6 Å². The van der Waals surface area contributed by atoms with Gasteiger partial charge in [-0.05, 0) is 53.5 Å². The molecule has 4 aromatic rings. The lowest BCUT2D eigenvalue weighted by atomic mass is 9.80. The molecule has 29 heavy (non-hydrogen) atoms. The summed E-state index contributed by atoms with van der Waals surface area (Å²) in [5, 5.41) is 3.35. The van der Waals surface area contributed by atoms with Gasteiger partial charge in [0.1, 0.15) is 0 Å². The molecule has 0 saturated carbocycles. The summed E-state index contributed by atoms with van der Waals surface area (Å²) in [7, 11) is 0. The van der Waals surface area contributed by atoms with E-state index >= 15 is 0 Å². The van der Waals surface area contributed by atoms with E-state index < -0.39 is 0 Å². The largest absolute Gasteiger partial charge is 0.291 e. The zero-order chi connectivity index (χ0) is 19.8. The maximum atomic E-state index is 13.4. The first kappa shape index (κ1) is 18.0. The van der Waals surface area contributed by atoms with Crippen molar-refractivity contribution in [3.05, 3.63) is 122 Å². The highest BCUT2D eigenvalue weighted by atomic mass is 79.9.